The van der Waals surface area contributed by atoms with Gasteiger partial charge >= 0.3 is 0 Å². The van der Waals surface area contributed by atoms with Crippen LogP contribution in [0.1, 0.15) is 11.1 Å². The molecule has 0 atom stereocenters. The Bertz CT molecular complexity index is 1280. The number of aryl methyl sites for hydroxylation is 2. The molecule has 1 aromatic carbocycles. The lowest BCUT2D eigenvalue weighted by atomic mass is 10.2. The van der Waals surface area contributed by atoms with Crippen molar-refractivity contribution in [3.8, 4) is 17.0 Å². The molecular weight excluding hydrogens is 374 g/mol. The lowest BCUT2D eigenvalue weighted by Crippen LogP contribution is -2.15. The summed E-state index contributed by atoms with van der Waals surface area (Å²) in [6.07, 6.45) is 4.85. The highest BCUT2D eigenvalue weighted by molar-refractivity contribution is 7.90. The first kappa shape index (κ1) is 18.2. The Morgan fingerprint density at radius 3 is 2.46 bits per heavy atom. The Hall–Kier alpha value is -3.19. The molecule has 28 heavy (non-hydrogen) atoms. The molecule has 0 spiro atoms. The molecule has 0 bridgehead atoms. The predicted molar refractivity (Wildman–Crippen MR) is 108 cm³/mol. The molecule has 0 aliphatic rings. The second-order valence-electron chi connectivity index (χ2n) is 6.55. The standard InChI is InChI=1S/C21H19N3O3S/c1-14-4-6-16(7-5-14)28(25,26)24-19(17-9-10-22-13-20(17)27-3)12-18-21(24)15(2)8-11-23-18/h4-13H,1-3H3. The number of pyridine rings is 2. The second-order valence-corrected chi connectivity index (χ2v) is 8.34. The van der Waals surface area contributed by atoms with E-state index in [1.54, 1.807) is 61.1 Å². The van der Waals surface area contributed by atoms with E-state index in [0.29, 0.717) is 28.0 Å². The van der Waals surface area contributed by atoms with E-state index < -0.39 is 10.0 Å². The molecule has 0 unspecified atom stereocenters. The summed E-state index contributed by atoms with van der Waals surface area (Å²) in [6.45, 7) is 3.79. The van der Waals surface area contributed by atoms with Crippen LogP contribution in [0.3, 0.4) is 0 Å². The van der Waals surface area contributed by atoms with Crippen molar-refractivity contribution in [1.29, 1.82) is 0 Å². The van der Waals surface area contributed by atoms with Crippen LogP contribution in [0.5, 0.6) is 5.75 Å². The van der Waals surface area contributed by atoms with Crippen LogP contribution in [0, 0.1) is 13.8 Å². The van der Waals surface area contributed by atoms with Crippen LogP contribution in [-0.4, -0.2) is 29.5 Å². The smallest absolute Gasteiger partial charge is 0.268 e. The van der Waals surface area contributed by atoms with E-state index in [0.717, 1.165) is 11.1 Å². The number of hydrogen-bond acceptors (Lipinski definition) is 5. The summed E-state index contributed by atoms with van der Waals surface area (Å²) in [7, 11) is -2.33. The van der Waals surface area contributed by atoms with E-state index in [4.69, 9.17) is 4.74 Å². The van der Waals surface area contributed by atoms with Crippen LogP contribution in [0.4, 0.5) is 0 Å². The normalized spacial score (nSPS) is 11.7. The summed E-state index contributed by atoms with van der Waals surface area (Å²) in [6, 6.07) is 12.1. The average Bonchev–Trinajstić information content (AvgIpc) is 3.10. The minimum absolute atomic E-state index is 0.216. The molecule has 0 fully saturated rings. The van der Waals surface area contributed by atoms with E-state index in [2.05, 4.69) is 9.97 Å². The summed E-state index contributed by atoms with van der Waals surface area (Å²) in [5.74, 6) is 0.489. The Labute approximate surface area is 163 Å². The van der Waals surface area contributed by atoms with Crippen molar-refractivity contribution in [1.82, 2.24) is 13.9 Å². The van der Waals surface area contributed by atoms with Gasteiger partial charge in [-0.25, -0.2) is 12.4 Å². The summed E-state index contributed by atoms with van der Waals surface area (Å²) >= 11 is 0. The van der Waals surface area contributed by atoms with Gasteiger partial charge < -0.3 is 4.74 Å². The minimum Gasteiger partial charge on any atom is -0.494 e. The van der Waals surface area contributed by atoms with Crippen LogP contribution < -0.4 is 4.74 Å². The van der Waals surface area contributed by atoms with Crippen LogP contribution in [0.25, 0.3) is 22.3 Å². The number of nitrogens with zero attached hydrogens (tertiary/aromatic N) is 3. The van der Waals surface area contributed by atoms with E-state index in [9.17, 15) is 8.42 Å². The zero-order valence-corrected chi connectivity index (χ0v) is 16.6. The van der Waals surface area contributed by atoms with Crippen LogP contribution in [-0.2, 0) is 10.0 Å². The van der Waals surface area contributed by atoms with Gasteiger partial charge in [-0.3, -0.25) is 9.97 Å². The van der Waals surface area contributed by atoms with Gasteiger partial charge in [0.25, 0.3) is 10.0 Å². The minimum atomic E-state index is -3.86. The first-order valence-electron chi connectivity index (χ1n) is 8.71. The van der Waals surface area contributed by atoms with E-state index >= 15 is 0 Å². The van der Waals surface area contributed by atoms with Gasteiger partial charge in [0.1, 0.15) is 5.75 Å². The second kappa shape index (κ2) is 6.76. The van der Waals surface area contributed by atoms with E-state index in [-0.39, 0.29) is 4.90 Å². The summed E-state index contributed by atoms with van der Waals surface area (Å²) in [4.78, 5) is 8.67. The van der Waals surface area contributed by atoms with Gasteiger partial charge in [-0.1, -0.05) is 17.7 Å². The number of rotatable bonds is 4. The number of ether oxygens (including phenoxy) is 1. The molecule has 0 saturated carbocycles. The monoisotopic (exact) mass is 393 g/mol. The SMILES string of the molecule is COc1cnccc1-c1cc2nccc(C)c2n1S(=O)(=O)c1ccc(C)cc1. The lowest BCUT2D eigenvalue weighted by molar-refractivity contribution is 0.414. The van der Waals surface area contributed by atoms with Crippen LogP contribution in [0.2, 0.25) is 0 Å². The third kappa shape index (κ3) is 2.84. The van der Waals surface area contributed by atoms with Crippen molar-refractivity contribution in [2.45, 2.75) is 18.7 Å². The van der Waals surface area contributed by atoms with Crippen molar-refractivity contribution in [3.05, 3.63) is 72.2 Å². The molecule has 0 aliphatic heterocycles. The summed E-state index contributed by atoms with van der Waals surface area (Å²) in [5.41, 5.74) is 4.08. The molecule has 0 aliphatic carbocycles. The first-order valence-corrected chi connectivity index (χ1v) is 10.1. The molecule has 4 rings (SSSR count). The molecule has 0 radical (unpaired) electrons. The molecule has 4 aromatic rings. The molecule has 6 nitrogen and oxygen atoms in total. The van der Waals surface area contributed by atoms with Gasteiger partial charge in [-0.15, -0.1) is 0 Å². The van der Waals surface area contributed by atoms with Gasteiger partial charge in [0, 0.05) is 18.0 Å². The van der Waals surface area contributed by atoms with E-state index in [1.165, 1.54) is 11.1 Å². The average molecular weight is 393 g/mol. The summed E-state index contributed by atoms with van der Waals surface area (Å²) in [5, 5.41) is 0. The maximum absolute atomic E-state index is 13.6. The number of fused-ring (bicyclic) bond motifs is 1. The topological polar surface area (TPSA) is 74.1 Å². The van der Waals surface area contributed by atoms with Gasteiger partial charge in [-0.2, -0.15) is 0 Å². The third-order valence-electron chi connectivity index (χ3n) is 4.69. The zero-order valence-electron chi connectivity index (χ0n) is 15.7. The van der Waals surface area contributed by atoms with Crippen LogP contribution >= 0.6 is 0 Å². The molecule has 0 saturated heterocycles. The molecule has 3 aromatic heterocycles. The maximum Gasteiger partial charge on any atom is 0.268 e. The molecular formula is C21H19N3O3S. The van der Waals surface area contributed by atoms with Crippen molar-refractivity contribution in [2.24, 2.45) is 0 Å². The predicted octanol–water partition coefficient (Wildman–Crippen LogP) is 3.96. The lowest BCUT2D eigenvalue weighted by Gasteiger charge is -2.14. The highest BCUT2D eigenvalue weighted by atomic mass is 32.2. The van der Waals surface area contributed by atoms with Crippen LogP contribution in [0.15, 0.2) is 66.0 Å². The van der Waals surface area contributed by atoms with Crippen molar-refractivity contribution >= 4 is 21.1 Å². The zero-order chi connectivity index (χ0) is 19.9. The number of benzene rings is 1. The van der Waals surface area contributed by atoms with Gasteiger partial charge in [0.05, 0.1) is 34.9 Å². The highest BCUT2D eigenvalue weighted by Crippen LogP contribution is 2.36. The van der Waals surface area contributed by atoms with Gasteiger partial charge in [0.15, 0.2) is 0 Å². The van der Waals surface area contributed by atoms with E-state index in [1.807, 2.05) is 13.8 Å². The van der Waals surface area contributed by atoms with Crippen molar-refractivity contribution in [3.63, 3.8) is 0 Å². The quantitative estimate of drug-likeness (QED) is 0.525. The first-order chi connectivity index (χ1) is 13.4. The third-order valence-corrected chi connectivity index (χ3v) is 6.42. The summed E-state index contributed by atoms with van der Waals surface area (Å²) < 4.78 is 34.1. The number of aromatic nitrogens is 3. The molecule has 0 amide bonds. The molecule has 0 N–H and O–H groups in total. The Balaban J connectivity index is 2.11. The van der Waals surface area contributed by atoms with Crippen molar-refractivity contribution in [2.75, 3.05) is 7.11 Å². The Morgan fingerprint density at radius 1 is 1.00 bits per heavy atom. The molecule has 7 heteroatoms. The van der Waals surface area contributed by atoms with Gasteiger partial charge in [0.2, 0.25) is 0 Å². The molecule has 142 valence electrons. The fraction of sp³-hybridized carbons (Fsp3) is 0.143. The van der Waals surface area contributed by atoms with Crippen molar-refractivity contribution < 1.29 is 13.2 Å². The van der Waals surface area contributed by atoms with Gasteiger partial charge in [-0.05, 0) is 49.7 Å². The largest absolute Gasteiger partial charge is 0.494 e. The number of hydrogen-bond donors (Lipinski definition) is 0. The Morgan fingerprint density at radius 2 is 1.75 bits per heavy atom. The highest BCUT2D eigenvalue weighted by Gasteiger charge is 2.26. The Kier molecular flexibility index (Phi) is 4.39. The number of methoxy groups -OCH3 is 1. The maximum atomic E-state index is 13.6. The fourth-order valence-electron chi connectivity index (χ4n) is 3.26. The molecule has 3 heterocycles. The fourth-order valence-corrected chi connectivity index (χ4v) is 4.84.